The number of nitrogens with zero attached hydrogens (tertiary/aromatic N) is 2. The van der Waals surface area contributed by atoms with Crippen molar-refractivity contribution in [1.29, 1.82) is 0 Å². The van der Waals surface area contributed by atoms with Crippen LogP contribution in [-0.2, 0) is 18.4 Å². The summed E-state index contributed by atoms with van der Waals surface area (Å²) >= 11 is 0. The van der Waals surface area contributed by atoms with Gasteiger partial charge in [0.05, 0.1) is 5.54 Å². The Morgan fingerprint density at radius 2 is 1.83 bits per heavy atom. The monoisotopic (exact) mass is 243 g/mol. The third kappa shape index (κ3) is 1.73. The first-order valence-corrected chi connectivity index (χ1v) is 6.28. The van der Waals surface area contributed by atoms with Crippen LogP contribution < -0.4 is 5.73 Å². The number of fused-ring (bicyclic) bond motifs is 1. The maximum absolute atomic E-state index is 6.46. The molecule has 1 aromatic carbocycles. The summed E-state index contributed by atoms with van der Waals surface area (Å²) in [5.74, 6) is 1.52. The number of benzene rings is 1. The molecule has 0 aliphatic heterocycles. The molecule has 4 nitrogen and oxygen atoms in total. The van der Waals surface area contributed by atoms with Crippen molar-refractivity contribution in [2.75, 3.05) is 0 Å². The maximum atomic E-state index is 6.46. The van der Waals surface area contributed by atoms with E-state index in [9.17, 15) is 0 Å². The smallest absolute Gasteiger partial charge is 0.229 e. The minimum absolute atomic E-state index is 0.235. The van der Waals surface area contributed by atoms with Gasteiger partial charge in [0.15, 0.2) is 5.82 Å². The summed E-state index contributed by atoms with van der Waals surface area (Å²) in [4.78, 5) is 4.44. The first kappa shape index (κ1) is 11.4. The fourth-order valence-corrected chi connectivity index (χ4v) is 2.47. The van der Waals surface area contributed by atoms with E-state index in [1.54, 1.807) is 0 Å². The van der Waals surface area contributed by atoms with Gasteiger partial charge in [-0.3, -0.25) is 0 Å². The Bertz CT molecular complexity index is 549. The molecule has 1 heterocycles. The van der Waals surface area contributed by atoms with Gasteiger partial charge in [-0.2, -0.15) is 4.98 Å². The van der Waals surface area contributed by atoms with Crippen LogP contribution in [0.5, 0.6) is 0 Å². The van der Waals surface area contributed by atoms with Crippen molar-refractivity contribution >= 4 is 0 Å². The zero-order valence-electron chi connectivity index (χ0n) is 10.7. The van der Waals surface area contributed by atoms with E-state index in [1.165, 1.54) is 11.1 Å². The molecule has 94 valence electrons. The highest BCUT2D eigenvalue weighted by Gasteiger charge is 2.39. The molecule has 1 aliphatic rings. The van der Waals surface area contributed by atoms with Gasteiger partial charge in [-0.05, 0) is 24.0 Å². The Balaban J connectivity index is 1.93. The van der Waals surface area contributed by atoms with Gasteiger partial charge in [-0.15, -0.1) is 0 Å². The Hall–Kier alpha value is -1.68. The maximum Gasteiger partial charge on any atom is 0.229 e. The predicted octanol–water partition coefficient (Wildman–Crippen LogP) is 2.15. The third-order valence-corrected chi connectivity index (χ3v) is 3.51. The van der Waals surface area contributed by atoms with Crippen LogP contribution in [0.15, 0.2) is 28.8 Å². The van der Waals surface area contributed by atoms with Crippen LogP contribution in [0.3, 0.4) is 0 Å². The summed E-state index contributed by atoms with van der Waals surface area (Å²) in [6.45, 7) is 4.06. The third-order valence-electron chi connectivity index (χ3n) is 3.51. The minimum Gasteiger partial charge on any atom is -0.339 e. The van der Waals surface area contributed by atoms with Crippen molar-refractivity contribution in [2.24, 2.45) is 5.73 Å². The summed E-state index contributed by atoms with van der Waals surface area (Å²) in [6.07, 6.45) is 1.56. The van der Waals surface area contributed by atoms with Gasteiger partial charge < -0.3 is 10.3 Å². The predicted molar refractivity (Wildman–Crippen MR) is 68.1 cm³/mol. The van der Waals surface area contributed by atoms with Crippen molar-refractivity contribution in [2.45, 2.75) is 38.1 Å². The number of aromatic nitrogens is 2. The van der Waals surface area contributed by atoms with Crippen molar-refractivity contribution in [3.63, 3.8) is 0 Å². The van der Waals surface area contributed by atoms with Gasteiger partial charge in [0.1, 0.15) is 0 Å². The SMILES string of the molecule is CC(C)c1nc(C2(N)Cc3ccccc3C2)no1. The fourth-order valence-electron chi connectivity index (χ4n) is 2.47. The van der Waals surface area contributed by atoms with Crippen LogP contribution in [0.4, 0.5) is 0 Å². The lowest BCUT2D eigenvalue weighted by Gasteiger charge is -2.18. The van der Waals surface area contributed by atoms with Crippen LogP contribution >= 0.6 is 0 Å². The second-order valence-electron chi connectivity index (χ2n) is 5.39. The van der Waals surface area contributed by atoms with E-state index >= 15 is 0 Å². The standard InChI is InChI=1S/C14H17N3O/c1-9(2)12-16-13(17-18-12)14(15)7-10-5-3-4-6-11(10)8-14/h3-6,9H,7-8,15H2,1-2H3. The topological polar surface area (TPSA) is 64.9 Å². The molecule has 3 rings (SSSR count). The summed E-state index contributed by atoms with van der Waals surface area (Å²) < 4.78 is 5.26. The van der Waals surface area contributed by atoms with Crippen LogP contribution in [0.2, 0.25) is 0 Å². The van der Waals surface area contributed by atoms with Crippen molar-refractivity contribution in [3.8, 4) is 0 Å². The number of rotatable bonds is 2. The Morgan fingerprint density at radius 3 is 2.33 bits per heavy atom. The second kappa shape index (κ2) is 3.92. The van der Waals surface area contributed by atoms with Gasteiger partial charge in [-0.1, -0.05) is 43.3 Å². The first-order valence-electron chi connectivity index (χ1n) is 6.28. The molecule has 0 amide bonds. The fraction of sp³-hybridized carbons (Fsp3) is 0.429. The molecule has 0 unspecified atom stereocenters. The molecular formula is C14H17N3O. The van der Waals surface area contributed by atoms with E-state index in [-0.39, 0.29) is 5.92 Å². The second-order valence-corrected chi connectivity index (χ2v) is 5.39. The first-order chi connectivity index (χ1) is 8.58. The van der Waals surface area contributed by atoms with Gasteiger partial charge in [0.2, 0.25) is 5.89 Å². The Labute approximate surface area is 106 Å². The van der Waals surface area contributed by atoms with E-state index in [0.29, 0.717) is 11.7 Å². The highest BCUT2D eigenvalue weighted by Crippen LogP contribution is 2.34. The van der Waals surface area contributed by atoms with E-state index in [2.05, 4.69) is 22.3 Å². The highest BCUT2D eigenvalue weighted by atomic mass is 16.5. The van der Waals surface area contributed by atoms with Gasteiger partial charge >= 0.3 is 0 Å². The molecule has 0 fully saturated rings. The zero-order valence-corrected chi connectivity index (χ0v) is 10.7. The summed E-state index contributed by atoms with van der Waals surface area (Å²) in [5, 5.41) is 4.06. The molecule has 0 saturated heterocycles. The van der Waals surface area contributed by atoms with Crippen LogP contribution in [0.1, 0.15) is 42.6 Å². The van der Waals surface area contributed by atoms with Crippen LogP contribution in [-0.4, -0.2) is 10.1 Å². The lowest BCUT2D eigenvalue weighted by Crippen LogP contribution is -2.38. The molecule has 1 aromatic heterocycles. The van der Waals surface area contributed by atoms with E-state index < -0.39 is 5.54 Å². The van der Waals surface area contributed by atoms with Gasteiger partial charge in [0.25, 0.3) is 0 Å². The molecule has 0 saturated carbocycles. The minimum atomic E-state index is -0.514. The molecule has 0 spiro atoms. The quantitative estimate of drug-likeness (QED) is 0.877. The van der Waals surface area contributed by atoms with E-state index in [4.69, 9.17) is 10.3 Å². The number of hydrogen-bond acceptors (Lipinski definition) is 4. The largest absolute Gasteiger partial charge is 0.339 e. The van der Waals surface area contributed by atoms with E-state index in [1.807, 2.05) is 26.0 Å². The lowest BCUT2D eigenvalue weighted by atomic mass is 9.96. The van der Waals surface area contributed by atoms with Gasteiger partial charge in [0, 0.05) is 5.92 Å². The molecular weight excluding hydrogens is 226 g/mol. The average Bonchev–Trinajstić information content (AvgIpc) is 2.92. The van der Waals surface area contributed by atoms with Crippen molar-refractivity contribution < 1.29 is 4.52 Å². The average molecular weight is 243 g/mol. The van der Waals surface area contributed by atoms with Crippen molar-refractivity contribution in [3.05, 3.63) is 47.1 Å². The summed E-state index contributed by atoms with van der Waals surface area (Å²) in [5.41, 5.74) is 8.52. The Morgan fingerprint density at radius 1 is 1.22 bits per heavy atom. The lowest BCUT2D eigenvalue weighted by molar-refractivity contribution is 0.342. The molecule has 0 atom stereocenters. The molecule has 2 aromatic rings. The molecule has 4 heteroatoms. The Kier molecular flexibility index (Phi) is 2.48. The normalized spacial score (nSPS) is 17.1. The summed E-state index contributed by atoms with van der Waals surface area (Å²) in [6, 6.07) is 8.32. The molecule has 2 N–H and O–H groups in total. The molecule has 0 radical (unpaired) electrons. The van der Waals surface area contributed by atoms with Crippen LogP contribution in [0, 0.1) is 0 Å². The van der Waals surface area contributed by atoms with Crippen LogP contribution in [0.25, 0.3) is 0 Å². The number of hydrogen-bond donors (Lipinski definition) is 1. The van der Waals surface area contributed by atoms with E-state index in [0.717, 1.165) is 12.8 Å². The molecule has 0 bridgehead atoms. The zero-order chi connectivity index (χ0) is 12.8. The van der Waals surface area contributed by atoms with Crippen molar-refractivity contribution in [1.82, 2.24) is 10.1 Å². The molecule has 1 aliphatic carbocycles. The summed E-state index contributed by atoms with van der Waals surface area (Å²) in [7, 11) is 0. The van der Waals surface area contributed by atoms with Gasteiger partial charge in [-0.25, -0.2) is 0 Å². The highest BCUT2D eigenvalue weighted by molar-refractivity contribution is 5.37. The molecule has 18 heavy (non-hydrogen) atoms. The number of nitrogens with two attached hydrogens (primary N) is 1.